The monoisotopic (exact) mass is 460 g/mol. The number of hydrogen-bond donors (Lipinski definition) is 0. The number of nitrogens with zero attached hydrogens (tertiary/aromatic N) is 2. The van der Waals surface area contributed by atoms with Crippen molar-refractivity contribution < 1.29 is 27.8 Å². The number of halogens is 1. The number of ketones is 1. The van der Waals surface area contributed by atoms with Crippen molar-refractivity contribution in [3.05, 3.63) is 47.8 Å². The van der Waals surface area contributed by atoms with Gasteiger partial charge in [0.05, 0.1) is 25.1 Å². The van der Waals surface area contributed by atoms with Gasteiger partial charge in [0.2, 0.25) is 11.6 Å². The van der Waals surface area contributed by atoms with Gasteiger partial charge in [-0.2, -0.15) is 0 Å². The summed E-state index contributed by atoms with van der Waals surface area (Å²) in [5, 5.41) is 7.91. The normalized spacial score (nSPS) is 11.8. The molecule has 0 N–H and O–H groups in total. The van der Waals surface area contributed by atoms with Crippen LogP contribution in [0.2, 0.25) is 0 Å². The van der Waals surface area contributed by atoms with Gasteiger partial charge in [-0.05, 0) is 64.1 Å². The first-order valence-corrected chi connectivity index (χ1v) is 11.2. The van der Waals surface area contributed by atoms with Crippen LogP contribution in [-0.4, -0.2) is 41.1 Å². The predicted molar refractivity (Wildman–Crippen MR) is 119 cm³/mol. The molecular formula is C23H25FN2O5S. The SMILES string of the molecule is CCOc1cc(-c2nnc(SC(C)C(=O)c3ccc(F)cc3)o2)cc(OCC)c1OCC. The maximum absolute atomic E-state index is 13.1. The van der Waals surface area contributed by atoms with Gasteiger partial charge in [0, 0.05) is 11.1 Å². The minimum absolute atomic E-state index is 0.159. The van der Waals surface area contributed by atoms with Gasteiger partial charge in [0.1, 0.15) is 5.82 Å². The molecule has 1 aromatic heterocycles. The van der Waals surface area contributed by atoms with Crippen LogP contribution in [0, 0.1) is 5.82 Å². The van der Waals surface area contributed by atoms with Crippen LogP contribution in [0.15, 0.2) is 46.0 Å². The molecule has 3 rings (SSSR count). The van der Waals surface area contributed by atoms with Gasteiger partial charge in [-0.25, -0.2) is 4.39 Å². The average Bonchev–Trinajstić information content (AvgIpc) is 3.24. The largest absolute Gasteiger partial charge is 0.490 e. The Labute approximate surface area is 190 Å². The Balaban J connectivity index is 1.83. The fourth-order valence-electron chi connectivity index (χ4n) is 2.94. The van der Waals surface area contributed by atoms with E-state index in [0.29, 0.717) is 48.2 Å². The summed E-state index contributed by atoms with van der Waals surface area (Å²) in [6, 6.07) is 8.94. The molecule has 2 aromatic carbocycles. The summed E-state index contributed by atoms with van der Waals surface area (Å²) >= 11 is 1.14. The lowest BCUT2D eigenvalue weighted by Crippen LogP contribution is -2.13. The lowest BCUT2D eigenvalue weighted by molar-refractivity contribution is 0.0993. The number of carbonyl (C=O) groups is 1. The number of Topliss-reactive ketones (excluding diaryl/α,β-unsaturated/α-hetero) is 1. The van der Waals surface area contributed by atoms with Crippen LogP contribution < -0.4 is 14.2 Å². The topological polar surface area (TPSA) is 83.7 Å². The van der Waals surface area contributed by atoms with E-state index in [-0.39, 0.29) is 16.9 Å². The second kappa shape index (κ2) is 11.0. The van der Waals surface area contributed by atoms with Crippen LogP contribution in [0.1, 0.15) is 38.1 Å². The number of hydrogen-bond acceptors (Lipinski definition) is 8. The van der Waals surface area contributed by atoms with Crippen LogP contribution in [0.5, 0.6) is 17.2 Å². The van der Waals surface area contributed by atoms with E-state index in [4.69, 9.17) is 18.6 Å². The summed E-state index contributed by atoms with van der Waals surface area (Å²) in [5.74, 6) is 1.27. The summed E-state index contributed by atoms with van der Waals surface area (Å²) in [4.78, 5) is 12.6. The number of carbonyl (C=O) groups excluding carboxylic acids is 1. The molecule has 0 amide bonds. The minimum atomic E-state index is -0.493. The standard InChI is InChI=1S/C23H25FN2O5S/c1-5-28-18-12-16(13-19(29-6-2)21(18)30-7-3)22-25-26-23(31-22)32-14(4)20(27)15-8-10-17(24)11-9-15/h8-14H,5-7H2,1-4H3. The molecule has 0 aliphatic rings. The molecule has 3 aromatic rings. The Morgan fingerprint density at radius 1 is 1.00 bits per heavy atom. The van der Waals surface area contributed by atoms with Gasteiger partial charge in [0.15, 0.2) is 17.3 Å². The molecule has 9 heteroatoms. The van der Waals surface area contributed by atoms with E-state index in [1.165, 1.54) is 24.3 Å². The Morgan fingerprint density at radius 2 is 1.59 bits per heavy atom. The Morgan fingerprint density at radius 3 is 2.16 bits per heavy atom. The third kappa shape index (κ3) is 5.59. The Bertz CT molecular complexity index is 1030. The molecule has 7 nitrogen and oxygen atoms in total. The van der Waals surface area contributed by atoms with Crippen LogP contribution in [-0.2, 0) is 0 Å². The van der Waals surface area contributed by atoms with Gasteiger partial charge < -0.3 is 18.6 Å². The van der Waals surface area contributed by atoms with Gasteiger partial charge in [-0.15, -0.1) is 10.2 Å². The molecule has 0 saturated heterocycles. The lowest BCUT2D eigenvalue weighted by Gasteiger charge is -2.16. The molecule has 32 heavy (non-hydrogen) atoms. The van der Waals surface area contributed by atoms with Crippen molar-refractivity contribution in [3.63, 3.8) is 0 Å². The first-order valence-electron chi connectivity index (χ1n) is 10.3. The molecule has 0 aliphatic heterocycles. The van der Waals surface area contributed by atoms with Crippen LogP contribution in [0.25, 0.3) is 11.5 Å². The molecule has 1 unspecified atom stereocenters. The van der Waals surface area contributed by atoms with Crippen LogP contribution in [0.3, 0.4) is 0 Å². The molecule has 170 valence electrons. The molecule has 0 fully saturated rings. The highest BCUT2D eigenvalue weighted by Crippen LogP contribution is 2.42. The minimum Gasteiger partial charge on any atom is -0.490 e. The van der Waals surface area contributed by atoms with Crippen LogP contribution >= 0.6 is 11.8 Å². The maximum atomic E-state index is 13.1. The summed E-state index contributed by atoms with van der Waals surface area (Å²) in [5.41, 5.74) is 1.03. The highest BCUT2D eigenvalue weighted by molar-refractivity contribution is 8.00. The molecule has 0 spiro atoms. The van der Waals surface area contributed by atoms with E-state index in [9.17, 15) is 9.18 Å². The second-order valence-electron chi connectivity index (χ2n) is 6.61. The highest BCUT2D eigenvalue weighted by atomic mass is 32.2. The first kappa shape index (κ1) is 23.6. The average molecular weight is 461 g/mol. The van der Waals surface area contributed by atoms with E-state index in [0.717, 1.165) is 11.8 Å². The molecule has 0 radical (unpaired) electrons. The summed E-state index contributed by atoms with van der Waals surface area (Å²) in [6.07, 6.45) is 0. The van der Waals surface area contributed by atoms with Crippen molar-refractivity contribution >= 4 is 17.5 Å². The zero-order chi connectivity index (χ0) is 23.1. The zero-order valence-corrected chi connectivity index (χ0v) is 19.2. The molecule has 0 bridgehead atoms. The van der Waals surface area contributed by atoms with Gasteiger partial charge in [0.25, 0.3) is 5.22 Å². The van der Waals surface area contributed by atoms with E-state index < -0.39 is 11.1 Å². The third-order valence-electron chi connectivity index (χ3n) is 4.34. The number of aromatic nitrogens is 2. The number of thioether (sulfide) groups is 1. The van der Waals surface area contributed by atoms with E-state index in [2.05, 4.69) is 10.2 Å². The van der Waals surface area contributed by atoms with Crippen molar-refractivity contribution in [1.82, 2.24) is 10.2 Å². The molecule has 0 aliphatic carbocycles. The quantitative estimate of drug-likeness (QED) is 0.276. The molecular weight excluding hydrogens is 435 g/mol. The van der Waals surface area contributed by atoms with Gasteiger partial charge in [-0.1, -0.05) is 11.8 Å². The van der Waals surface area contributed by atoms with Gasteiger partial charge in [-0.3, -0.25) is 4.79 Å². The Hall–Kier alpha value is -3.07. The summed E-state index contributed by atoms with van der Waals surface area (Å²) < 4.78 is 36.1. The lowest BCUT2D eigenvalue weighted by atomic mass is 10.1. The summed E-state index contributed by atoms with van der Waals surface area (Å²) in [7, 11) is 0. The second-order valence-corrected chi connectivity index (χ2v) is 7.90. The van der Waals surface area contributed by atoms with E-state index in [1.54, 1.807) is 19.1 Å². The molecule has 1 atom stereocenters. The Kier molecular flexibility index (Phi) is 8.10. The fraction of sp³-hybridized carbons (Fsp3) is 0.348. The van der Waals surface area contributed by atoms with Crippen molar-refractivity contribution in [3.8, 4) is 28.7 Å². The van der Waals surface area contributed by atoms with Crippen LogP contribution in [0.4, 0.5) is 4.39 Å². The van der Waals surface area contributed by atoms with Crippen molar-refractivity contribution in [2.45, 2.75) is 38.2 Å². The van der Waals surface area contributed by atoms with E-state index in [1.807, 2.05) is 20.8 Å². The number of ether oxygens (including phenoxy) is 3. The highest BCUT2D eigenvalue weighted by Gasteiger charge is 2.22. The first-order chi connectivity index (χ1) is 15.5. The van der Waals surface area contributed by atoms with Crippen molar-refractivity contribution in [2.24, 2.45) is 0 Å². The maximum Gasteiger partial charge on any atom is 0.277 e. The predicted octanol–water partition coefficient (Wildman–Crippen LogP) is 5.44. The summed E-state index contributed by atoms with van der Waals surface area (Å²) in [6.45, 7) is 8.73. The van der Waals surface area contributed by atoms with Crippen molar-refractivity contribution in [1.29, 1.82) is 0 Å². The van der Waals surface area contributed by atoms with E-state index >= 15 is 0 Å². The number of benzene rings is 2. The smallest absolute Gasteiger partial charge is 0.277 e. The molecule has 0 saturated carbocycles. The third-order valence-corrected chi connectivity index (χ3v) is 5.27. The van der Waals surface area contributed by atoms with Crippen molar-refractivity contribution in [2.75, 3.05) is 19.8 Å². The fourth-order valence-corrected chi connectivity index (χ4v) is 3.70. The van der Waals surface area contributed by atoms with Gasteiger partial charge >= 0.3 is 0 Å². The molecule has 1 heterocycles. The zero-order valence-electron chi connectivity index (χ0n) is 18.4. The number of rotatable bonds is 11.